The van der Waals surface area contributed by atoms with Crippen LogP contribution in [0.5, 0.6) is 0 Å². The molecule has 0 radical (unpaired) electrons. The van der Waals surface area contributed by atoms with Gasteiger partial charge in [0.2, 0.25) is 0 Å². The van der Waals surface area contributed by atoms with Crippen molar-refractivity contribution in [3.8, 4) is 0 Å². The van der Waals surface area contributed by atoms with Crippen LogP contribution in [0.2, 0.25) is 5.02 Å². The van der Waals surface area contributed by atoms with Gasteiger partial charge in [-0.3, -0.25) is 9.79 Å². The van der Waals surface area contributed by atoms with Crippen molar-refractivity contribution >= 4 is 47.5 Å². The molecule has 1 heterocycles. The lowest BCUT2D eigenvalue weighted by Gasteiger charge is -2.24. The first kappa shape index (κ1) is 23.0. The number of carbonyl (C=O) groups is 1. The van der Waals surface area contributed by atoms with E-state index in [1.54, 1.807) is 14.2 Å². The van der Waals surface area contributed by atoms with Crippen LogP contribution >= 0.6 is 35.6 Å². The largest absolute Gasteiger partial charge is 0.469 e. The second kappa shape index (κ2) is 10.9. The van der Waals surface area contributed by atoms with E-state index in [2.05, 4.69) is 22.1 Å². The summed E-state index contributed by atoms with van der Waals surface area (Å²) >= 11 is 6.06. The molecule has 6 nitrogen and oxygen atoms in total. The normalized spacial score (nSPS) is 21.1. The van der Waals surface area contributed by atoms with Gasteiger partial charge in [-0.25, -0.2) is 0 Å². The van der Waals surface area contributed by atoms with Gasteiger partial charge in [0, 0.05) is 38.8 Å². The van der Waals surface area contributed by atoms with Crippen LogP contribution in [0.25, 0.3) is 0 Å². The van der Waals surface area contributed by atoms with E-state index in [9.17, 15) is 4.79 Å². The lowest BCUT2D eigenvalue weighted by Crippen LogP contribution is -2.42. The number of nitrogens with zero attached hydrogens (tertiary/aromatic N) is 2. The number of aliphatic imine (C=N–C) groups is 1. The predicted molar refractivity (Wildman–Crippen MR) is 114 cm³/mol. The lowest BCUT2D eigenvalue weighted by atomic mass is 9.99. The van der Waals surface area contributed by atoms with Crippen molar-refractivity contribution in [1.29, 1.82) is 0 Å². The molecular weight excluding hydrogens is 469 g/mol. The maximum absolute atomic E-state index is 11.9. The summed E-state index contributed by atoms with van der Waals surface area (Å²) in [6.45, 7) is 3.96. The number of hydrogen-bond donors (Lipinski definition) is 1. The Bertz CT molecular complexity index is 629. The zero-order valence-electron chi connectivity index (χ0n) is 15.6. The summed E-state index contributed by atoms with van der Waals surface area (Å²) < 4.78 is 10.5. The fraction of sp³-hybridized carbons (Fsp3) is 0.556. The highest BCUT2D eigenvalue weighted by molar-refractivity contribution is 14.0. The molecule has 8 heteroatoms. The van der Waals surface area contributed by atoms with Crippen molar-refractivity contribution in [2.24, 2.45) is 16.8 Å². The van der Waals surface area contributed by atoms with Gasteiger partial charge in [-0.1, -0.05) is 30.7 Å². The molecule has 2 rings (SSSR count). The van der Waals surface area contributed by atoms with E-state index >= 15 is 0 Å². The maximum atomic E-state index is 11.9. The van der Waals surface area contributed by atoms with Gasteiger partial charge in [0.25, 0.3) is 0 Å². The first-order valence-electron chi connectivity index (χ1n) is 8.31. The molecule has 1 saturated heterocycles. The number of rotatable bonds is 5. The standard InChI is InChI=1S/C18H26ClN3O3.HI/c1-12-10-22(11-15(12)17(23)25-4)18(20-2)21-9-16(24-3)13-6-5-7-14(19)8-13;/h5-8,12,15-16H,9-11H2,1-4H3,(H,20,21);1H. The van der Waals surface area contributed by atoms with Crippen molar-refractivity contribution < 1.29 is 14.3 Å². The molecular formula is C18H27ClIN3O3. The van der Waals surface area contributed by atoms with E-state index in [4.69, 9.17) is 21.1 Å². The quantitative estimate of drug-likeness (QED) is 0.295. The van der Waals surface area contributed by atoms with Crippen LogP contribution < -0.4 is 5.32 Å². The Morgan fingerprint density at radius 2 is 2.15 bits per heavy atom. The van der Waals surface area contributed by atoms with Gasteiger partial charge in [0.05, 0.1) is 19.1 Å². The van der Waals surface area contributed by atoms with Crippen LogP contribution in [0, 0.1) is 11.8 Å². The zero-order valence-corrected chi connectivity index (χ0v) is 18.7. The van der Waals surface area contributed by atoms with Crippen LogP contribution in [0.15, 0.2) is 29.3 Å². The van der Waals surface area contributed by atoms with Gasteiger partial charge in [0.1, 0.15) is 0 Å². The van der Waals surface area contributed by atoms with Crippen molar-refractivity contribution in [2.45, 2.75) is 13.0 Å². The number of halogens is 2. The van der Waals surface area contributed by atoms with Gasteiger partial charge >= 0.3 is 5.97 Å². The summed E-state index contributed by atoms with van der Waals surface area (Å²) in [5.74, 6) is 0.674. The second-order valence-electron chi connectivity index (χ2n) is 6.22. The van der Waals surface area contributed by atoms with Crippen LogP contribution in [-0.4, -0.2) is 57.7 Å². The molecule has 0 aromatic heterocycles. The number of methoxy groups -OCH3 is 2. The van der Waals surface area contributed by atoms with Gasteiger partial charge in [-0.05, 0) is 23.6 Å². The van der Waals surface area contributed by atoms with Crippen molar-refractivity contribution in [3.63, 3.8) is 0 Å². The molecule has 0 spiro atoms. The zero-order chi connectivity index (χ0) is 18.4. The maximum Gasteiger partial charge on any atom is 0.310 e. The van der Waals surface area contributed by atoms with Gasteiger partial charge < -0.3 is 19.7 Å². The first-order chi connectivity index (χ1) is 12.0. The Morgan fingerprint density at radius 1 is 1.42 bits per heavy atom. The Balaban J connectivity index is 0.00000338. The minimum absolute atomic E-state index is 0. The van der Waals surface area contributed by atoms with Crippen LogP contribution in [0.3, 0.4) is 0 Å². The fourth-order valence-corrected chi connectivity index (χ4v) is 3.36. The topological polar surface area (TPSA) is 63.2 Å². The van der Waals surface area contributed by atoms with E-state index in [1.165, 1.54) is 7.11 Å². The second-order valence-corrected chi connectivity index (χ2v) is 6.66. The molecule has 3 unspecified atom stereocenters. The first-order valence-corrected chi connectivity index (χ1v) is 8.69. The fourth-order valence-electron chi connectivity index (χ4n) is 3.16. The third kappa shape index (κ3) is 5.72. The smallest absolute Gasteiger partial charge is 0.310 e. The SMILES string of the molecule is CN=C(NCC(OC)c1cccc(Cl)c1)N1CC(C)C(C(=O)OC)C1.I. The number of benzene rings is 1. The molecule has 3 atom stereocenters. The number of ether oxygens (including phenoxy) is 2. The minimum Gasteiger partial charge on any atom is -0.469 e. The number of nitrogens with one attached hydrogen (secondary N) is 1. The highest BCUT2D eigenvalue weighted by Gasteiger charge is 2.36. The monoisotopic (exact) mass is 495 g/mol. The van der Waals surface area contributed by atoms with E-state index in [1.807, 2.05) is 24.3 Å². The molecule has 0 bridgehead atoms. The summed E-state index contributed by atoms with van der Waals surface area (Å²) in [6.07, 6.45) is -0.146. The van der Waals surface area contributed by atoms with Crippen molar-refractivity contribution in [1.82, 2.24) is 10.2 Å². The van der Waals surface area contributed by atoms with Crippen LogP contribution in [-0.2, 0) is 14.3 Å². The molecule has 0 amide bonds. The predicted octanol–water partition coefficient (Wildman–Crippen LogP) is 2.96. The Morgan fingerprint density at radius 3 is 2.73 bits per heavy atom. The van der Waals surface area contributed by atoms with E-state index in [0.717, 1.165) is 18.1 Å². The summed E-state index contributed by atoms with van der Waals surface area (Å²) in [4.78, 5) is 18.3. The van der Waals surface area contributed by atoms with Crippen LogP contribution in [0.4, 0.5) is 0 Å². The average molecular weight is 496 g/mol. The van der Waals surface area contributed by atoms with Crippen molar-refractivity contribution in [3.05, 3.63) is 34.9 Å². The number of hydrogen-bond acceptors (Lipinski definition) is 4. The third-order valence-electron chi connectivity index (χ3n) is 4.58. The molecule has 1 fully saturated rings. The molecule has 0 aliphatic carbocycles. The molecule has 1 aliphatic rings. The number of guanidine groups is 1. The lowest BCUT2D eigenvalue weighted by molar-refractivity contribution is -0.145. The van der Waals surface area contributed by atoms with Crippen LogP contribution in [0.1, 0.15) is 18.6 Å². The van der Waals surface area contributed by atoms with E-state index in [0.29, 0.717) is 18.1 Å². The molecule has 1 aliphatic heterocycles. The highest BCUT2D eigenvalue weighted by atomic mass is 127. The minimum atomic E-state index is -0.167. The summed E-state index contributed by atoms with van der Waals surface area (Å²) in [6, 6.07) is 7.62. The van der Waals surface area contributed by atoms with E-state index < -0.39 is 0 Å². The molecule has 146 valence electrons. The van der Waals surface area contributed by atoms with Gasteiger partial charge in [-0.15, -0.1) is 24.0 Å². The molecule has 1 aromatic rings. The Kier molecular flexibility index (Phi) is 9.67. The molecule has 1 N–H and O–H groups in total. The summed E-state index contributed by atoms with van der Waals surface area (Å²) in [7, 11) is 4.83. The third-order valence-corrected chi connectivity index (χ3v) is 4.81. The average Bonchev–Trinajstić information content (AvgIpc) is 2.99. The van der Waals surface area contributed by atoms with E-state index in [-0.39, 0.29) is 47.9 Å². The Labute approximate surface area is 177 Å². The summed E-state index contributed by atoms with van der Waals surface area (Å²) in [5, 5.41) is 4.01. The Hall–Kier alpha value is -1.06. The molecule has 0 saturated carbocycles. The summed E-state index contributed by atoms with van der Waals surface area (Å²) in [5.41, 5.74) is 1.00. The van der Waals surface area contributed by atoms with Crippen molar-refractivity contribution in [2.75, 3.05) is 40.9 Å². The molecule has 26 heavy (non-hydrogen) atoms. The molecule has 1 aromatic carbocycles. The number of esters is 1. The number of carbonyl (C=O) groups excluding carboxylic acids is 1. The van der Waals surface area contributed by atoms with Gasteiger partial charge in [0.15, 0.2) is 5.96 Å². The van der Waals surface area contributed by atoms with Gasteiger partial charge in [-0.2, -0.15) is 0 Å². The highest BCUT2D eigenvalue weighted by Crippen LogP contribution is 2.24. The number of likely N-dealkylation sites (tertiary alicyclic amines) is 1.